The van der Waals surface area contributed by atoms with Gasteiger partial charge in [0.2, 0.25) is 0 Å². The monoisotopic (exact) mass is 179 g/mol. The average molecular weight is 179 g/mol. The Kier molecular flexibility index (Phi) is 1.51. The van der Waals surface area contributed by atoms with Crippen LogP contribution < -0.4 is 0 Å². The van der Waals surface area contributed by atoms with Gasteiger partial charge in [0.15, 0.2) is 0 Å². The van der Waals surface area contributed by atoms with E-state index in [1.165, 1.54) is 21.7 Å². The fourth-order valence-corrected chi connectivity index (χ4v) is 2.12. The van der Waals surface area contributed by atoms with Gasteiger partial charge in [-0.05, 0) is 0 Å². The Bertz CT molecular complexity index is 557. The fourth-order valence-electron chi connectivity index (χ4n) is 2.12. The number of aromatic nitrogens is 1. The van der Waals surface area contributed by atoms with Crippen molar-refractivity contribution in [3.63, 3.8) is 0 Å². The van der Waals surface area contributed by atoms with Crippen LogP contribution in [0.2, 0.25) is 0 Å². The first-order chi connectivity index (χ1) is 6.88. The summed E-state index contributed by atoms with van der Waals surface area (Å²) < 4.78 is 2.24. The Balaban J connectivity index is 2.69. The molecule has 0 saturated heterocycles. The van der Waals surface area contributed by atoms with Crippen molar-refractivity contribution < 1.29 is 0 Å². The third-order valence-electron chi connectivity index (χ3n) is 2.82. The second kappa shape index (κ2) is 2.71. The minimum atomic E-state index is 1.30. The predicted octanol–water partition coefficient (Wildman–Crippen LogP) is 2.67. The molecule has 0 amide bonds. The van der Waals surface area contributed by atoms with Crippen LogP contribution in [0.4, 0.5) is 0 Å². The molecule has 3 aromatic rings. The molecule has 3 rings (SSSR count). The van der Waals surface area contributed by atoms with Crippen molar-refractivity contribution >= 4 is 28.6 Å². The van der Waals surface area contributed by atoms with E-state index in [9.17, 15) is 0 Å². The van der Waals surface area contributed by atoms with Gasteiger partial charge in [0.05, 0.1) is 0 Å². The van der Waals surface area contributed by atoms with Crippen molar-refractivity contribution in [3.8, 4) is 0 Å². The van der Waals surface area contributed by atoms with Crippen molar-refractivity contribution in [1.82, 2.24) is 4.57 Å². The Hall–Kier alpha value is -1.57. The molecule has 0 bridgehead atoms. The summed E-state index contributed by atoms with van der Waals surface area (Å²) in [5, 5.41) is 2.68. The van der Waals surface area contributed by atoms with Gasteiger partial charge in [-0.2, -0.15) is 0 Å². The van der Waals surface area contributed by atoms with E-state index in [1.54, 1.807) is 0 Å². The van der Waals surface area contributed by atoms with Crippen molar-refractivity contribution in [2.24, 2.45) is 7.05 Å². The number of rotatable bonds is 0. The molecular weight excluding hydrogens is 169 g/mol. The van der Waals surface area contributed by atoms with Crippen molar-refractivity contribution in [2.75, 3.05) is 0 Å². The van der Waals surface area contributed by atoms with Gasteiger partial charge < -0.3 is 0 Å². The van der Waals surface area contributed by atoms with E-state index >= 15 is 0 Å². The summed E-state index contributed by atoms with van der Waals surface area (Å²) in [6.45, 7) is 2.18. The Labute approximate surface area is 83.2 Å². The molecule has 0 fully saturated rings. The zero-order valence-electron chi connectivity index (χ0n) is 8.07. The van der Waals surface area contributed by atoms with Crippen LogP contribution in [0.25, 0.3) is 21.7 Å². The second-order valence-electron chi connectivity index (χ2n) is 3.59. The SMILES string of the molecule is Cn1c2cccbc2c2ccccc21. The Morgan fingerprint density at radius 1 is 1.00 bits per heavy atom. The summed E-state index contributed by atoms with van der Waals surface area (Å²) in [4.78, 5) is 0. The zero-order valence-corrected chi connectivity index (χ0v) is 8.07. The van der Waals surface area contributed by atoms with Gasteiger partial charge in [0.25, 0.3) is 0 Å². The summed E-state index contributed by atoms with van der Waals surface area (Å²) in [7, 11) is 2.12. The molecule has 0 aliphatic carbocycles. The molecule has 66 valence electrons. The number of aryl methyl sites for hydroxylation is 1. The first-order valence-electron chi connectivity index (χ1n) is 4.80. The van der Waals surface area contributed by atoms with Crippen LogP contribution in [0.1, 0.15) is 0 Å². The van der Waals surface area contributed by atoms with E-state index in [0.29, 0.717) is 0 Å². The summed E-state index contributed by atoms with van der Waals surface area (Å²) in [5.74, 6) is 2.09. The minimum absolute atomic E-state index is 1.30. The number of fused-ring (bicyclic) bond motifs is 3. The van der Waals surface area contributed by atoms with Gasteiger partial charge in [0.1, 0.15) is 0 Å². The average Bonchev–Trinajstić information content (AvgIpc) is 2.55. The molecule has 0 aliphatic heterocycles. The number of nitrogens with zero attached hydrogens (tertiary/aromatic N) is 1. The molecule has 14 heavy (non-hydrogen) atoms. The summed E-state index contributed by atoms with van der Waals surface area (Å²) in [6.07, 6.45) is 0. The molecule has 0 N–H and O–H groups in total. The number of hydrogen-bond acceptors (Lipinski definition) is 0. The maximum absolute atomic E-state index is 2.24. The van der Waals surface area contributed by atoms with E-state index in [2.05, 4.69) is 60.9 Å². The summed E-state index contributed by atoms with van der Waals surface area (Å²) in [5.41, 5.74) is 2.60. The molecule has 0 saturated carbocycles. The molecule has 0 unspecified atom stereocenters. The van der Waals surface area contributed by atoms with E-state index < -0.39 is 0 Å². The first-order valence-corrected chi connectivity index (χ1v) is 4.80. The van der Waals surface area contributed by atoms with Crippen LogP contribution in [0.3, 0.4) is 0 Å². The van der Waals surface area contributed by atoms with E-state index in [0.717, 1.165) is 0 Å². The molecule has 2 aromatic heterocycles. The Morgan fingerprint density at radius 3 is 2.71 bits per heavy atom. The molecule has 0 spiro atoms. The first kappa shape index (κ1) is 7.80. The van der Waals surface area contributed by atoms with E-state index in [4.69, 9.17) is 0 Å². The number of hydrogen-bond donors (Lipinski definition) is 0. The zero-order chi connectivity index (χ0) is 9.54. The molecule has 2 heteroatoms. The molecule has 2 heterocycles. The molecule has 1 aromatic carbocycles. The fraction of sp³-hybridized carbons (Fsp3) is 0.0833. The quantitative estimate of drug-likeness (QED) is 0.499. The van der Waals surface area contributed by atoms with Crippen LogP contribution in [-0.4, -0.2) is 11.5 Å². The van der Waals surface area contributed by atoms with Crippen LogP contribution in [0.5, 0.6) is 0 Å². The van der Waals surface area contributed by atoms with Crippen molar-refractivity contribution in [1.29, 1.82) is 0 Å². The van der Waals surface area contributed by atoms with Crippen LogP contribution >= 0.6 is 0 Å². The standard InChI is InChI=1S/C12H10BN/c1-14-10-6-3-2-5-9(10)12-11(14)7-4-8-13-12/h2-8H,1H3. The van der Waals surface area contributed by atoms with Gasteiger partial charge in [-0.1, -0.05) is 0 Å². The third kappa shape index (κ3) is 0.883. The summed E-state index contributed by atoms with van der Waals surface area (Å²) >= 11 is 0. The molecule has 0 aliphatic rings. The molecular formula is C12H10BN. The van der Waals surface area contributed by atoms with Gasteiger partial charge in [-0.15, -0.1) is 0 Å². The van der Waals surface area contributed by atoms with Crippen LogP contribution in [0, 0.1) is 0 Å². The van der Waals surface area contributed by atoms with Crippen LogP contribution in [-0.2, 0) is 7.05 Å². The van der Waals surface area contributed by atoms with E-state index in [1.807, 2.05) is 0 Å². The topological polar surface area (TPSA) is 4.93 Å². The molecule has 0 radical (unpaired) electrons. The number of benzene rings is 1. The Morgan fingerprint density at radius 2 is 1.79 bits per heavy atom. The predicted molar refractivity (Wildman–Crippen MR) is 61.8 cm³/mol. The van der Waals surface area contributed by atoms with E-state index in [-0.39, 0.29) is 0 Å². The van der Waals surface area contributed by atoms with Gasteiger partial charge in [-0.3, -0.25) is 0 Å². The summed E-state index contributed by atoms with van der Waals surface area (Å²) in [6, 6.07) is 12.8. The second-order valence-corrected chi connectivity index (χ2v) is 3.59. The normalized spacial score (nSPS) is 10.9. The van der Waals surface area contributed by atoms with Crippen molar-refractivity contribution in [3.05, 3.63) is 42.4 Å². The third-order valence-corrected chi connectivity index (χ3v) is 2.82. The van der Waals surface area contributed by atoms with Gasteiger partial charge in [0, 0.05) is 0 Å². The number of para-hydroxylation sites is 1. The molecule has 0 atom stereocenters. The van der Waals surface area contributed by atoms with Gasteiger partial charge >= 0.3 is 82.6 Å². The van der Waals surface area contributed by atoms with Crippen LogP contribution in [0.15, 0.2) is 42.4 Å². The van der Waals surface area contributed by atoms with Gasteiger partial charge in [-0.25, -0.2) is 0 Å². The van der Waals surface area contributed by atoms with Crippen molar-refractivity contribution in [2.45, 2.75) is 0 Å². The maximum atomic E-state index is 2.24. The molecule has 1 nitrogen and oxygen atoms in total.